The van der Waals surface area contributed by atoms with E-state index in [1.54, 1.807) is 0 Å². The fraction of sp³-hybridized carbons (Fsp3) is 1.00. The molecule has 1 N–H and O–H groups in total. The number of rotatable bonds is 7. The second-order valence-corrected chi connectivity index (χ2v) is 4.73. The highest BCUT2D eigenvalue weighted by atomic mass is 16.5. The lowest BCUT2D eigenvalue weighted by Gasteiger charge is -2.24. The molecule has 90 valence electrons. The molecule has 0 bridgehead atoms. The average Bonchev–Trinajstić information content (AvgIpc) is 2.78. The van der Waals surface area contributed by atoms with Gasteiger partial charge in [-0.05, 0) is 31.2 Å². The molecule has 2 heteroatoms. The molecule has 0 aromatic rings. The lowest BCUT2D eigenvalue weighted by molar-refractivity contribution is 0.174. The van der Waals surface area contributed by atoms with E-state index in [2.05, 4.69) is 26.1 Å². The van der Waals surface area contributed by atoms with Crippen LogP contribution in [0.15, 0.2) is 0 Å². The Balaban J connectivity index is 2.26. The minimum Gasteiger partial charge on any atom is -0.381 e. The molecule has 0 amide bonds. The molecule has 1 heterocycles. The highest BCUT2D eigenvalue weighted by molar-refractivity contribution is 4.79. The van der Waals surface area contributed by atoms with E-state index in [0.717, 1.165) is 25.0 Å². The Morgan fingerprint density at radius 1 is 1.20 bits per heavy atom. The summed E-state index contributed by atoms with van der Waals surface area (Å²) in [5.74, 6) is 1.60. The van der Waals surface area contributed by atoms with Crippen molar-refractivity contribution in [3.63, 3.8) is 0 Å². The fourth-order valence-corrected chi connectivity index (χ4v) is 2.41. The topological polar surface area (TPSA) is 21.3 Å². The van der Waals surface area contributed by atoms with Gasteiger partial charge in [0.1, 0.15) is 0 Å². The van der Waals surface area contributed by atoms with Gasteiger partial charge < -0.3 is 10.1 Å². The van der Waals surface area contributed by atoms with E-state index in [-0.39, 0.29) is 0 Å². The molecule has 2 atom stereocenters. The molecule has 15 heavy (non-hydrogen) atoms. The molecular weight excluding hydrogens is 186 g/mol. The van der Waals surface area contributed by atoms with Crippen LogP contribution in [0, 0.1) is 11.8 Å². The van der Waals surface area contributed by atoms with Crippen molar-refractivity contribution in [2.75, 3.05) is 19.8 Å². The highest BCUT2D eigenvalue weighted by Gasteiger charge is 2.24. The van der Waals surface area contributed by atoms with Crippen molar-refractivity contribution < 1.29 is 4.74 Å². The van der Waals surface area contributed by atoms with Crippen molar-refractivity contribution in [3.05, 3.63) is 0 Å². The first-order chi connectivity index (χ1) is 7.31. The minimum absolute atomic E-state index is 0.674. The Labute approximate surface area is 94.8 Å². The van der Waals surface area contributed by atoms with E-state index in [1.165, 1.54) is 32.2 Å². The summed E-state index contributed by atoms with van der Waals surface area (Å²) in [5, 5.41) is 3.73. The molecule has 0 radical (unpaired) electrons. The summed E-state index contributed by atoms with van der Waals surface area (Å²) in [6, 6.07) is 0.674. The van der Waals surface area contributed by atoms with E-state index >= 15 is 0 Å². The molecule has 1 saturated heterocycles. The third kappa shape index (κ3) is 4.12. The van der Waals surface area contributed by atoms with Crippen molar-refractivity contribution in [3.8, 4) is 0 Å². The molecule has 0 saturated carbocycles. The number of nitrogens with one attached hydrogen (secondary N) is 1. The Morgan fingerprint density at radius 3 is 2.40 bits per heavy atom. The van der Waals surface area contributed by atoms with Gasteiger partial charge >= 0.3 is 0 Å². The summed E-state index contributed by atoms with van der Waals surface area (Å²) in [5.41, 5.74) is 0. The van der Waals surface area contributed by atoms with Gasteiger partial charge in [-0.3, -0.25) is 0 Å². The van der Waals surface area contributed by atoms with Crippen LogP contribution in [0.3, 0.4) is 0 Å². The maximum Gasteiger partial charge on any atom is 0.0509 e. The van der Waals surface area contributed by atoms with Gasteiger partial charge in [0, 0.05) is 12.6 Å². The minimum atomic E-state index is 0.674. The van der Waals surface area contributed by atoms with Crippen molar-refractivity contribution in [1.82, 2.24) is 5.32 Å². The van der Waals surface area contributed by atoms with Gasteiger partial charge in [0.05, 0.1) is 6.61 Å². The van der Waals surface area contributed by atoms with E-state index in [9.17, 15) is 0 Å². The zero-order valence-corrected chi connectivity index (χ0v) is 10.6. The van der Waals surface area contributed by atoms with Crippen molar-refractivity contribution in [2.45, 2.75) is 52.5 Å². The van der Waals surface area contributed by atoms with Gasteiger partial charge in [-0.2, -0.15) is 0 Å². The molecule has 0 spiro atoms. The summed E-state index contributed by atoms with van der Waals surface area (Å²) in [7, 11) is 0. The fourth-order valence-electron chi connectivity index (χ4n) is 2.41. The Hall–Kier alpha value is -0.0800. The Bertz CT molecular complexity index is 151. The van der Waals surface area contributed by atoms with Crippen LogP contribution in [-0.2, 0) is 4.74 Å². The van der Waals surface area contributed by atoms with Crippen molar-refractivity contribution in [2.24, 2.45) is 11.8 Å². The van der Waals surface area contributed by atoms with Gasteiger partial charge in [0.2, 0.25) is 0 Å². The van der Waals surface area contributed by atoms with Crippen molar-refractivity contribution in [1.29, 1.82) is 0 Å². The molecule has 0 aliphatic carbocycles. The molecule has 0 aromatic heterocycles. The molecular formula is C13H27NO. The maximum atomic E-state index is 5.46. The first-order valence-electron chi connectivity index (χ1n) is 6.62. The standard InChI is InChI=1S/C13H27NO/c1-4-11(5-2)9-14-13(6-3)12-7-8-15-10-12/h11-14H,4-10H2,1-3H3. The normalized spacial score (nSPS) is 23.6. The van der Waals surface area contributed by atoms with E-state index in [0.29, 0.717) is 6.04 Å². The molecule has 1 fully saturated rings. The Kier molecular flexibility index (Phi) is 6.26. The first kappa shape index (κ1) is 13.0. The van der Waals surface area contributed by atoms with Crippen molar-refractivity contribution >= 4 is 0 Å². The zero-order valence-electron chi connectivity index (χ0n) is 10.6. The van der Waals surface area contributed by atoms with Gasteiger partial charge in [-0.25, -0.2) is 0 Å². The Morgan fingerprint density at radius 2 is 1.93 bits per heavy atom. The van der Waals surface area contributed by atoms with Gasteiger partial charge in [0.25, 0.3) is 0 Å². The number of hydrogen-bond acceptors (Lipinski definition) is 2. The third-order valence-electron chi connectivity index (χ3n) is 3.80. The highest BCUT2D eigenvalue weighted by Crippen LogP contribution is 2.19. The molecule has 1 aliphatic heterocycles. The lowest BCUT2D eigenvalue weighted by Crippen LogP contribution is -2.38. The molecule has 0 aromatic carbocycles. The molecule has 1 rings (SSSR count). The predicted octanol–water partition coefficient (Wildman–Crippen LogP) is 2.83. The smallest absolute Gasteiger partial charge is 0.0509 e. The quantitative estimate of drug-likeness (QED) is 0.702. The van der Waals surface area contributed by atoms with Gasteiger partial charge in [0.15, 0.2) is 0 Å². The number of ether oxygens (including phenoxy) is 1. The van der Waals surface area contributed by atoms with Gasteiger partial charge in [-0.1, -0.05) is 33.6 Å². The summed E-state index contributed by atoms with van der Waals surface area (Å²) in [6.07, 6.45) is 5.06. The molecule has 2 unspecified atom stereocenters. The molecule has 2 nitrogen and oxygen atoms in total. The van der Waals surface area contributed by atoms with Crippen LogP contribution in [-0.4, -0.2) is 25.8 Å². The van der Waals surface area contributed by atoms with Crippen LogP contribution >= 0.6 is 0 Å². The van der Waals surface area contributed by atoms with Crippen LogP contribution in [0.5, 0.6) is 0 Å². The SMILES string of the molecule is CCC(CC)CNC(CC)C1CCOC1. The molecule has 1 aliphatic rings. The van der Waals surface area contributed by atoms with Crippen LogP contribution in [0.25, 0.3) is 0 Å². The first-order valence-corrected chi connectivity index (χ1v) is 6.62. The van der Waals surface area contributed by atoms with Crippen LogP contribution in [0.4, 0.5) is 0 Å². The predicted molar refractivity (Wildman–Crippen MR) is 65.1 cm³/mol. The lowest BCUT2D eigenvalue weighted by atomic mass is 9.95. The maximum absolute atomic E-state index is 5.46. The number of hydrogen-bond donors (Lipinski definition) is 1. The summed E-state index contributed by atoms with van der Waals surface area (Å²) >= 11 is 0. The summed E-state index contributed by atoms with van der Waals surface area (Å²) in [4.78, 5) is 0. The monoisotopic (exact) mass is 213 g/mol. The summed E-state index contributed by atoms with van der Waals surface area (Å²) < 4.78 is 5.46. The van der Waals surface area contributed by atoms with E-state index in [4.69, 9.17) is 4.74 Å². The van der Waals surface area contributed by atoms with Crippen LogP contribution in [0.1, 0.15) is 46.5 Å². The second kappa shape index (κ2) is 7.24. The second-order valence-electron chi connectivity index (χ2n) is 4.73. The van der Waals surface area contributed by atoms with Gasteiger partial charge in [-0.15, -0.1) is 0 Å². The zero-order chi connectivity index (χ0) is 11.1. The van der Waals surface area contributed by atoms with Crippen LogP contribution in [0.2, 0.25) is 0 Å². The van der Waals surface area contributed by atoms with E-state index in [1.807, 2.05) is 0 Å². The third-order valence-corrected chi connectivity index (χ3v) is 3.80. The average molecular weight is 213 g/mol. The van der Waals surface area contributed by atoms with Crippen LogP contribution < -0.4 is 5.32 Å². The summed E-state index contributed by atoms with van der Waals surface area (Å²) in [6.45, 7) is 9.97. The largest absolute Gasteiger partial charge is 0.381 e. The van der Waals surface area contributed by atoms with E-state index < -0.39 is 0 Å².